The normalized spacial score (nSPS) is 11.5. The Kier molecular flexibility index (Phi) is 2.02. The van der Waals surface area contributed by atoms with Crippen molar-refractivity contribution in [1.82, 2.24) is 14.5 Å². The van der Waals surface area contributed by atoms with Gasteiger partial charge in [0.05, 0.1) is 6.33 Å². The Labute approximate surface area is 83.8 Å². The van der Waals surface area contributed by atoms with Gasteiger partial charge in [-0.2, -0.15) is 0 Å². The van der Waals surface area contributed by atoms with Crippen LogP contribution in [-0.4, -0.2) is 14.5 Å². The molecule has 74 valence electrons. The van der Waals surface area contributed by atoms with Crippen LogP contribution in [0.3, 0.4) is 0 Å². The Morgan fingerprint density at radius 1 is 1.29 bits per heavy atom. The van der Waals surface area contributed by atoms with Crippen LogP contribution in [0.15, 0.2) is 12.4 Å². The first kappa shape index (κ1) is 9.19. The van der Waals surface area contributed by atoms with Gasteiger partial charge in [0.15, 0.2) is 5.65 Å². The van der Waals surface area contributed by atoms with E-state index in [2.05, 4.69) is 41.4 Å². The molecule has 3 nitrogen and oxygen atoms in total. The van der Waals surface area contributed by atoms with E-state index in [1.807, 2.05) is 13.3 Å². The van der Waals surface area contributed by atoms with Gasteiger partial charge < -0.3 is 4.57 Å². The number of rotatable bonds is 1. The molecule has 0 fully saturated rings. The second-order valence-corrected chi connectivity index (χ2v) is 4.00. The number of imidazole rings is 1. The summed E-state index contributed by atoms with van der Waals surface area (Å²) in [5.74, 6) is 0. The highest BCUT2D eigenvalue weighted by Crippen LogP contribution is 2.19. The van der Waals surface area contributed by atoms with Gasteiger partial charge >= 0.3 is 0 Å². The molecule has 0 saturated carbocycles. The summed E-state index contributed by atoms with van der Waals surface area (Å²) >= 11 is 0. The molecule has 0 aliphatic rings. The fourth-order valence-corrected chi connectivity index (χ4v) is 1.70. The van der Waals surface area contributed by atoms with Gasteiger partial charge in [-0.1, -0.05) is 0 Å². The fourth-order valence-electron chi connectivity index (χ4n) is 1.70. The first-order valence-electron chi connectivity index (χ1n) is 4.90. The molecule has 0 bridgehead atoms. The third kappa shape index (κ3) is 1.29. The monoisotopic (exact) mass is 189 g/mol. The zero-order valence-electron chi connectivity index (χ0n) is 9.07. The van der Waals surface area contributed by atoms with Crippen molar-refractivity contribution >= 4 is 11.2 Å². The van der Waals surface area contributed by atoms with Crippen LogP contribution in [0.1, 0.15) is 31.1 Å². The van der Waals surface area contributed by atoms with Crippen LogP contribution < -0.4 is 0 Å². The molecule has 0 unspecified atom stereocenters. The van der Waals surface area contributed by atoms with E-state index >= 15 is 0 Å². The molecule has 0 atom stereocenters. The highest BCUT2D eigenvalue weighted by atomic mass is 15.1. The average Bonchev–Trinajstić information content (AvgIpc) is 2.47. The smallest absolute Gasteiger partial charge is 0.160 e. The number of hydrogen-bond donors (Lipinski definition) is 0. The molecule has 0 radical (unpaired) electrons. The molecule has 0 amide bonds. The highest BCUT2D eigenvalue weighted by Gasteiger charge is 2.09. The third-order valence-corrected chi connectivity index (χ3v) is 2.41. The molecule has 2 rings (SSSR count). The van der Waals surface area contributed by atoms with Gasteiger partial charge in [0.25, 0.3) is 0 Å². The van der Waals surface area contributed by atoms with Crippen molar-refractivity contribution in [2.24, 2.45) is 0 Å². The Hall–Kier alpha value is -1.38. The molecule has 0 aromatic carbocycles. The summed E-state index contributed by atoms with van der Waals surface area (Å²) in [6.45, 7) is 8.37. The molecule has 0 aliphatic heterocycles. The number of fused-ring (bicyclic) bond motifs is 1. The SMILES string of the molecule is Cc1cc(C)c2ncn(C(C)C)c2n1. The molecular formula is C11H15N3. The molecule has 2 aromatic rings. The van der Waals surface area contributed by atoms with E-state index in [9.17, 15) is 0 Å². The Bertz CT molecular complexity index is 469. The minimum Gasteiger partial charge on any atom is -0.313 e. The summed E-state index contributed by atoms with van der Waals surface area (Å²) in [5, 5.41) is 0. The second-order valence-electron chi connectivity index (χ2n) is 4.00. The van der Waals surface area contributed by atoms with Crippen LogP contribution in [-0.2, 0) is 0 Å². The predicted octanol–water partition coefficient (Wildman–Crippen LogP) is 2.63. The number of nitrogens with zero attached hydrogens (tertiary/aromatic N) is 3. The maximum atomic E-state index is 4.52. The summed E-state index contributed by atoms with van der Waals surface area (Å²) in [6, 6.07) is 2.48. The quantitative estimate of drug-likeness (QED) is 0.690. The molecule has 0 N–H and O–H groups in total. The van der Waals surface area contributed by atoms with Crippen molar-refractivity contribution in [2.45, 2.75) is 33.7 Å². The third-order valence-electron chi connectivity index (χ3n) is 2.41. The van der Waals surface area contributed by atoms with Crippen LogP contribution in [0.25, 0.3) is 11.2 Å². The van der Waals surface area contributed by atoms with E-state index in [1.54, 1.807) is 0 Å². The minimum absolute atomic E-state index is 0.411. The number of aromatic nitrogens is 3. The van der Waals surface area contributed by atoms with Gasteiger partial charge in [-0.3, -0.25) is 0 Å². The summed E-state index contributed by atoms with van der Waals surface area (Å²) in [7, 11) is 0. The van der Waals surface area contributed by atoms with Crippen molar-refractivity contribution in [3.8, 4) is 0 Å². The zero-order valence-corrected chi connectivity index (χ0v) is 9.07. The Balaban J connectivity index is 2.78. The van der Waals surface area contributed by atoms with Crippen LogP contribution in [0.2, 0.25) is 0 Å². The molecule has 0 spiro atoms. The zero-order chi connectivity index (χ0) is 10.3. The van der Waals surface area contributed by atoms with E-state index in [4.69, 9.17) is 0 Å². The lowest BCUT2D eigenvalue weighted by Crippen LogP contribution is -2.00. The molecular weight excluding hydrogens is 174 g/mol. The van der Waals surface area contributed by atoms with E-state index in [0.717, 1.165) is 16.9 Å². The van der Waals surface area contributed by atoms with Crippen molar-refractivity contribution in [1.29, 1.82) is 0 Å². The van der Waals surface area contributed by atoms with Crippen molar-refractivity contribution < 1.29 is 0 Å². The van der Waals surface area contributed by atoms with Crippen molar-refractivity contribution in [2.75, 3.05) is 0 Å². The summed E-state index contributed by atoms with van der Waals surface area (Å²) in [6.07, 6.45) is 1.87. The minimum atomic E-state index is 0.411. The number of aryl methyl sites for hydroxylation is 2. The van der Waals surface area contributed by atoms with Crippen molar-refractivity contribution in [3.63, 3.8) is 0 Å². The van der Waals surface area contributed by atoms with E-state index in [-0.39, 0.29) is 0 Å². The van der Waals surface area contributed by atoms with Crippen LogP contribution >= 0.6 is 0 Å². The first-order valence-corrected chi connectivity index (χ1v) is 4.90. The van der Waals surface area contributed by atoms with Gasteiger partial charge in [0.2, 0.25) is 0 Å². The second kappa shape index (κ2) is 3.08. The predicted molar refractivity (Wildman–Crippen MR) is 57.4 cm³/mol. The first-order chi connectivity index (χ1) is 6.59. The van der Waals surface area contributed by atoms with Gasteiger partial charge in [0.1, 0.15) is 5.52 Å². The fraction of sp³-hybridized carbons (Fsp3) is 0.455. The van der Waals surface area contributed by atoms with Crippen LogP contribution in [0.4, 0.5) is 0 Å². The van der Waals surface area contributed by atoms with Gasteiger partial charge in [-0.25, -0.2) is 9.97 Å². The summed E-state index contributed by atoms with van der Waals surface area (Å²) < 4.78 is 2.11. The lowest BCUT2D eigenvalue weighted by atomic mass is 10.2. The molecule has 2 aromatic heterocycles. The van der Waals surface area contributed by atoms with Gasteiger partial charge in [0, 0.05) is 11.7 Å². The summed E-state index contributed by atoms with van der Waals surface area (Å²) in [4.78, 5) is 8.90. The highest BCUT2D eigenvalue weighted by molar-refractivity contribution is 5.75. The maximum Gasteiger partial charge on any atom is 0.160 e. The number of pyridine rings is 1. The Morgan fingerprint density at radius 2 is 2.00 bits per heavy atom. The molecule has 14 heavy (non-hydrogen) atoms. The van der Waals surface area contributed by atoms with Gasteiger partial charge in [-0.05, 0) is 39.3 Å². The standard InChI is InChI=1S/C11H15N3/c1-7(2)14-6-12-10-8(3)5-9(4)13-11(10)14/h5-7H,1-4H3. The Morgan fingerprint density at radius 3 is 2.64 bits per heavy atom. The van der Waals surface area contributed by atoms with Crippen molar-refractivity contribution in [3.05, 3.63) is 23.7 Å². The largest absolute Gasteiger partial charge is 0.313 e. The van der Waals surface area contributed by atoms with Gasteiger partial charge in [-0.15, -0.1) is 0 Å². The van der Waals surface area contributed by atoms with E-state index < -0.39 is 0 Å². The van der Waals surface area contributed by atoms with Crippen LogP contribution in [0.5, 0.6) is 0 Å². The molecule has 0 aliphatic carbocycles. The number of hydrogen-bond acceptors (Lipinski definition) is 2. The maximum absolute atomic E-state index is 4.52. The lowest BCUT2D eigenvalue weighted by Gasteiger charge is -2.07. The molecule has 3 heteroatoms. The molecule has 0 saturated heterocycles. The van der Waals surface area contributed by atoms with E-state index in [1.165, 1.54) is 5.56 Å². The average molecular weight is 189 g/mol. The molecule has 2 heterocycles. The van der Waals surface area contributed by atoms with Crippen LogP contribution in [0, 0.1) is 13.8 Å². The lowest BCUT2D eigenvalue weighted by molar-refractivity contribution is 0.612. The summed E-state index contributed by atoms with van der Waals surface area (Å²) in [5.41, 5.74) is 4.27. The topological polar surface area (TPSA) is 30.7 Å². The van der Waals surface area contributed by atoms with E-state index in [0.29, 0.717) is 6.04 Å².